The Kier molecular flexibility index (Phi) is 5.19. The molecule has 0 unspecified atom stereocenters. The van der Waals surface area contributed by atoms with Crippen LogP contribution < -0.4 is 5.56 Å². The molecule has 0 aliphatic carbocycles. The Morgan fingerprint density at radius 3 is 2.73 bits per heavy atom. The highest BCUT2D eigenvalue weighted by Gasteiger charge is 2.37. The van der Waals surface area contributed by atoms with Crippen LogP contribution in [0, 0.1) is 12.8 Å². The van der Waals surface area contributed by atoms with Gasteiger partial charge in [0.2, 0.25) is 0 Å². The SMILES string of the molecule is Cc1cnccc1C(=O)N1C[C@@H]2C[C@H](C1)c1ccc(CN3CCCCC3)c(=O)n1C2. The number of hydrogen-bond acceptors (Lipinski definition) is 4. The Hall–Kier alpha value is -2.47. The first kappa shape index (κ1) is 19.5. The van der Waals surface area contributed by atoms with Gasteiger partial charge in [0.15, 0.2) is 0 Å². The zero-order chi connectivity index (χ0) is 20.7. The maximum Gasteiger partial charge on any atom is 0.255 e. The molecule has 2 bridgehead atoms. The summed E-state index contributed by atoms with van der Waals surface area (Å²) in [5, 5.41) is 0. The molecule has 2 aromatic heterocycles. The van der Waals surface area contributed by atoms with Crippen molar-refractivity contribution in [1.82, 2.24) is 19.4 Å². The third-order valence-corrected chi connectivity index (χ3v) is 7.06. The van der Waals surface area contributed by atoms with Crippen LogP contribution in [-0.2, 0) is 13.1 Å². The van der Waals surface area contributed by atoms with Gasteiger partial charge in [0, 0.05) is 61.3 Å². The second kappa shape index (κ2) is 7.99. The minimum absolute atomic E-state index is 0.0853. The summed E-state index contributed by atoms with van der Waals surface area (Å²) in [6, 6.07) is 6.00. The lowest BCUT2D eigenvalue weighted by atomic mass is 9.82. The van der Waals surface area contributed by atoms with Crippen LogP contribution in [0.3, 0.4) is 0 Å². The van der Waals surface area contributed by atoms with E-state index >= 15 is 0 Å². The molecular formula is C24H30N4O2. The largest absolute Gasteiger partial charge is 0.338 e. The first-order valence-corrected chi connectivity index (χ1v) is 11.2. The molecule has 0 radical (unpaired) electrons. The van der Waals surface area contributed by atoms with E-state index in [-0.39, 0.29) is 17.4 Å². The summed E-state index contributed by atoms with van der Waals surface area (Å²) in [4.78, 5) is 34.9. The first-order chi connectivity index (χ1) is 14.6. The summed E-state index contributed by atoms with van der Waals surface area (Å²) in [6.45, 7) is 7.01. The second-order valence-corrected chi connectivity index (χ2v) is 9.24. The van der Waals surface area contributed by atoms with Crippen LogP contribution in [0.15, 0.2) is 35.4 Å². The normalized spacial score (nSPS) is 23.8. The first-order valence-electron chi connectivity index (χ1n) is 11.2. The summed E-state index contributed by atoms with van der Waals surface area (Å²) in [7, 11) is 0. The topological polar surface area (TPSA) is 58.4 Å². The number of aromatic nitrogens is 2. The molecule has 158 valence electrons. The molecule has 30 heavy (non-hydrogen) atoms. The van der Waals surface area contributed by atoms with Crippen LogP contribution in [0.25, 0.3) is 0 Å². The van der Waals surface area contributed by atoms with E-state index in [1.54, 1.807) is 12.4 Å². The molecule has 2 aromatic rings. The molecule has 6 heteroatoms. The van der Waals surface area contributed by atoms with Crippen LogP contribution in [0.4, 0.5) is 0 Å². The maximum absolute atomic E-state index is 13.2. The van der Waals surface area contributed by atoms with Crippen LogP contribution in [0.1, 0.15) is 58.8 Å². The Balaban J connectivity index is 1.38. The number of nitrogens with zero attached hydrogens (tertiary/aromatic N) is 4. The molecule has 2 saturated heterocycles. The zero-order valence-corrected chi connectivity index (χ0v) is 17.7. The Labute approximate surface area is 177 Å². The van der Waals surface area contributed by atoms with Crippen molar-refractivity contribution in [3.05, 3.63) is 63.3 Å². The number of carbonyl (C=O) groups is 1. The molecule has 0 spiro atoms. The molecule has 0 aromatic carbocycles. The highest BCUT2D eigenvalue weighted by atomic mass is 16.2. The van der Waals surface area contributed by atoms with Gasteiger partial charge in [0.05, 0.1) is 0 Å². The van der Waals surface area contributed by atoms with E-state index < -0.39 is 0 Å². The van der Waals surface area contributed by atoms with E-state index in [1.165, 1.54) is 19.3 Å². The molecule has 5 heterocycles. The van der Waals surface area contributed by atoms with Gasteiger partial charge >= 0.3 is 0 Å². The van der Waals surface area contributed by atoms with Crippen molar-refractivity contribution in [3.63, 3.8) is 0 Å². The molecule has 0 saturated carbocycles. The third-order valence-electron chi connectivity index (χ3n) is 7.06. The monoisotopic (exact) mass is 406 g/mol. The highest BCUT2D eigenvalue weighted by molar-refractivity contribution is 5.95. The predicted octanol–water partition coefficient (Wildman–Crippen LogP) is 2.80. The van der Waals surface area contributed by atoms with E-state index in [2.05, 4.69) is 16.0 Å². The quantitative estimate of drug-likeness (QED) is 0.787. The highest BCUT2D eigenvalue weighted by Crippen LogP contribution is 2.36. The van der Waals surface area contributed by atoms with Gasteiger partial charge in [-0.2, -0.15) is 0 Å². The number of carbonyl (C=O) groups excluding carboxylic acids is 1. The minimum atomic E-state index is 0.0853. The molecule has 5 rings (SSSR count). The third kappa shape index (κ3) is 3.58. The van der Waals surface area contributed by atoms with E-state index in [4.69, 9.17) is 0 Å². The van der Waals surface area contributed by atoms with Crippen LogP contribution in [0.5, 0.6) is 0 Å². The molecule has 6 nitrogen and oxygen atoms in total. The molecule has 2 atom stereocenters. The zero-order valence-electron chi connectivity index (χ0n) is 17.7. The summed E-state index contributed by atoms with van der Waals surface area (Å²) in [6.07, 6.45) is 8.26. The van der Waals surface area contributed by atoms with Gasteiger partial charge in [0.25, 0.3) is 11.5 Å². The van der Waals surface area contributed by atoms with Crippen molar-refractivity contribution < 1.29 is 4.79 Å². The number of hydrogen-bond donors (Lipinski definition) is 0. The number of amides is 1. The number of fused-ring (bicyclic) bond motifs is 4. The van der Waals surface area contributed by atoms with Gasteiger partial charge in [-0.15, -0.1) is 0 Å². The van der Waals surface area contributed by atoms with Crippen molar-refractivity contribution in [2.45, 2.75) is 51.6 Å². The molecule has 0 N–H and O–H groups in total. The average molecular weight is 407 g/mol. The number of piperidine rings is 2. The van der Waals surface area contributed by atoms with Crippen LogP contribution in [-0.4, -0.2) is 51.4 Å². The van der Waals surface area contributed by atoms with Gasteiger partial charge < -0.3 is 9.47 Å². The molecule has 2 fully saturated rings. The number of pyridine rings is 2. The van der Waals surface area contributed by atoms with Crippen molar-refractivity contribution in [3.8, 4) is 0 Å². The van der Waals surface area contributed by atoms with Gasteiger partial charge in [-0.3, -0.25) is 19.5 Å². The Morgan fingerprint density at radius 2 is 1.93 bits per heavy atom. The molecule has 3 aliphatic heterocycles. The maximum atomic E-state index is 13.2. The number of likely N-dealkylation sites (tertiary alicyclic amines) is 2. The predicted molar refractivity (Wildman–Crippen MR) is 116 cm³/mol. The number of aryl methyl sites for hydroxylation is 1. The molecule has 1 amide bonds. The fourth-order valence-electron chi connectivity index (χ4n) is 5.52. The van der Waals surface area contributed by atoms with Gasteiger partial charge in [-0.05, 0) is 62.9 Å². The smallest absolute Gasteiger partial charge is 0.255 e. The van der Waals surface area contributed by atoms with Gasteiger partial charge in [-0.1, -0.05) is 12.5 Å². The fraction of sp³-hybridized carbons (Fsp3) is 0.542. The Bertz CT molecular complexity index is 1010. The summed E-state index contributed by atoms with van der Waals surface area (Å²) < 4.78 is 2.01. The van der Waals surface area contributed by atoms with Crippen LogP contribution in [0.2, 0.25) is 0 Å². The summed E-state index contributed by atoms with van der Waals surface area (Å²) in [5.74, 6) is 0.660. The van der Waals surface area contributed by atoms with Crippen molar-refractivity contribution in [2.24, 2.45) is 5.92 Å². The number of rotatable bonds is 3. The van der Waals surface area contributed by atoms with E-state index in [0.717, 1.165) is 61.5 Å². The summed E-state index contributed by atoms with van der Waals surface area (Å²) >= 11 is 0. The Morgan fingerprint density at radius 1 is 1.10 bits per heavy atom. The second-order valence-electron chi connectivity index (χ2n) is 9.24. The fourth-order valence-corrected chi connectivity index (χ4v) is 5.52. The van der Waals surface area contributed by atoms with Crippen molar-refractivity contribution >= 4 is 5.91 Å². The lowest BCUT2D eigenvalue weighted by molar-refractivity contribution is 0.0593. The van der Waals surface area contributed by atoms with Crippen molar-refractivity contribution in [2.75, 3.05) is 26.2 Å². The lowest BCUT2D eigenvalue weighted by Gasteiger charge is -2.43. The van der Waals surface area contributed by atoms with Gasteiger partial charge in [0.1, 0.15) is 0 Å². The van der Waals surface area contributed by atoms with Crippen molar-refractivity contribution in [1.29, 1.82) is 0 Å². The van der Waals surface area contributed by atoms with E-state index in [0.29, 0.717) is 12.5 Å². The van der Waals surface area contributed by atoms with E-state index in [1.807, 2.05) is 28.5 Å². The molecular weight excluding hydrogens is 376 g/mol. The average Bonchev–Trinajstić information content (AvgIpc) is 2.76. The standard InChI is InChI=1S/C24H30N4O2/c1-17-12-25-8-7-21(17)24(30)27-13-18-11-20(16-27)22-6-5-19(23(29)28(22)14-18)15-26-9-3-2-4-10-26/h5-8,12,18,20H,2-4,9-11,13-16H2,1H3/t18-,20+/m0/s1. The minimum Gasteiger partial charge on any atom is -0.338 e. The lowest BCUT2D eigenvalue weighted by Crippen LogP contribution is -2.49. The van der Waals surface area contributed by atoms with Gasteiger partial charge in [-0.25, -0.2) is 0 Å². The summed E-state index contributed by atoms with van der Waals surface area (Å²) in [5.41, 5.74) is 3.84. The van der Waals surface area contributed by atoms with E-state index in [9.17, 15) is 9.59 Å². The molecule has 3 aliphatic rings. The van der Waals surface area contributed by atoms with Crippen LogP contribution >= 0.6 is 0 Å².